The number of hydrogen-bond acceptors (Lipinski definition) is 6. The molecule has 0 aliphatic carbocycles. The summed E-state index contributed by atoms with van der Waals surface area (Å²) >= 11 is 0. The minimum absolute atomic E-state index is 0.238. The third-order valence-corrected chi connectivity index (χ3v) is 2.49. The fourth-order valence-corrected chi connectivity index (χ4v) is 1.56. The van der Waals surface area contributed by atoms with E-state index in [1.165, 1.54) is 0 Å². The second-order valence-electron chi connectivity index (χ2n) is 3.76. The second-order valence-corrected chi connectivity index (χ2v) is 3.76. The lowest BCUT2D eigenvalue weighted by atomic mass is 10.1. The van der Waals surface area contributed by atoms with E-state index in [1.54, 1.807) is 12.1 Å². The average Bonchev–Trinajstić information content (AvgIpc) is 2.34. The highest BCUT2D eigenvalue weighted by Gasteiger charge is 2.26. The van der Waals surface area contributed by atoms with Gasteiger partial charge >= 0.3 is 0 Å². The number of hydrogen-bond donors (Lipinski definition) is 3. The number of carbonyl (C=O) groups excluding carboxylic acids is 2. The first kappa shape index (κ1) is 11.5. The molecule has 1 fully saturated rings. The molecule has 1 saturated heterocycles. The highest BCUT2D eigenvalue weighted by molar-refractivity contribution is 6.01. The van der Waals surface area contributed by atoms with E-state index in [9.17, 15) is 9.59 Å². The fraction of sp³-hybridized carbons (Fsp3) is 0.400. The smallest absolute Gasteiger partial charge is 0.249 e. The third kappa shape index (κ3) is 2.76. The largest absolute Gasteiger partial charge is 0.357 e. The summed E-state index contributed by atoms with van der Waals surface area (Å²) in [6.07, 6.45) is 0.794. The van der Waals surface area contributed by atoms with Crippen LogP contribution < -0.4 is 16.4 Å². The first-order valence-electron chi connectivity index (χ1n) is 5.32. The molecule has 7 nitrogen and oxygen atoms in total. The molecule has 4 N–H and O–H groups in total. The van der Waals surface area contributed by atoms with Crippen LogP contribution in [0.3, 0.4) is 0 Å². The van der Waals surface area contributed by atoms with Gasteiger partial charge in [-0.25, -0.2) is 0 Å². The Morgan fingerprint density at radius 2 is 2.24 bits per heavy atom. The Balaban J connectivity index is 2.00. The van der Waals surface area contributed by atoms with Crippen molar-refractivity contribution in [1.29, 1.82) is 0 Å². The SMILES string of the molecule is NCc1ccc(NC2CCC(=O)NC2=O)nn1. The summed E-state index contributed by atoms with van der Waals surface area (Å²) in [5.41, 5.74) is 6.08. The molecule has 1 aromatic rings. The highest BCUT2D eigenvalue weighted by atomic mass is 16.2. The van der Waals surface area contributed by atoms with Gasteiger partial charge in [0.05, 0.1) is 5.69 Å². The van der Waals surface area contributed by atoms with Gasteiger partial charge in [0.1, 0.15) is 11.9 Å². The zero-order valence-electron chi connectivity index (χ0n) is 9.14. The molecule has 1 aliphatic rings. The molecular formula is C10H13N5O2. The molecule has 2 rings (SSSR count). The topological polar surface area (TPSA) is 110 Å². The molecule has 0 radical (unpaired) electrons. The van der Waals surface area contributed by atoms with Crippen LogP contribution in [0, 0.1) is 0 Å². The number of imide groups is 1. The molecule has 1 atom stereocenters. The van der Waals surface area contributed by atoms with E-state index in [2.05, 4.69) is 20.8 Å². The Bertz CT molecular complexity index is 431. The third-order valence-electron chi connectivity index (χ3n) is 2.49. The lowest BCUT2D eigenvalue weighted by molar-refractivity contribution is -0.133. The molecule has 17 heavy (non-hydrogen) atoms. The van der Waals surface area contributed by atoms with E-state index in [0.717, 1.165) is 0 Å². The number of amides is 2. The Morgan fingerprint density at radius 3 is 2.82 bits per heavy atom. The summed E-state index contributed by atoms with van der Waals surface area (Å²) in [6.45, 7) is 0.325. The van der Waals surface area contributed by atoms with Crippen molar-refractivity contribution in [2.24, 2.45) is 5.73 Å². The zero-order chi connectivity index (χ0) is 12.3. The number of nitrogens with zero attached hydrogens (tertiary/aromatic N) is 2. The summed E-state index contributed by atoms with van der Waals surface area (Å²) in [7, 11) is 0. The van der Waals surface area contributed by atoms with E-state index < -0.39 is 6.04 Å². The van der Waals surface area contributed by atoms with Gasteiger partial charge in [0.15, 0.2) is 0 Å². The van der Waals surface area contributed by atoms with Gasteiger partial charge in [-0.3, -0.25) is 14.9 Å². The van der Waals surface area contributed by atoms with Gasteiger partial charge in [0, 0.05) is 13.0 Å². The van der Waals surface area contributed by atoms with Crippen molar-refractivity contribution in [3.63, 3.8) is 0 Å². The number of anilines is 1. The van der Waals surface area contributed by atoms with Crippen LogP contribution in [-0.2, 0) is 16.1 Å². The quantitative estimate of drug-likeness (QED) is 0.589. The molecule has 0 spiro atoms. The van der Waals surface area contributed by atoms with E-state index in [0.29, 0.717) is 30.9 Å². The van der Waals surface area contributed by atoms with Gasteiger partial charge in [-0.15, -0.1) is 5.10 Å². The van der Waals surface area contributed by atoms with Crippen LogP contribution in [0.5, 0.6) is 0 Å². The Kier molecular flexibility index (Phi) is 3.29. The first-order valence-corrected chi connectivity index (χ1v) is 5.32. The first-order chi connectivity index (χ1) is 8.19. The van der Waals surface area contributed by atoms with E-state index in [1.807, 2.05) is 0 Å². The van der Waals surface area contributed by atoms with Crippen LogP contribution in [0.2, 0.25) is 0 Å². The molecule has 1 aliphatic heterocycles. The van der Waals surface area contributed by atoms with Crippen LogP contribution in [0.1, 0.15) is 18.5 Å². The molecule has 1 unspecified atom stereocenters. The highest BCUT2D eigenvalue weighted by Crippen LogP contribution is 2.10. The van der Waals surface area contributed by atoms with Gasteiger partial charge in [-0.1, -0.05) is 0 Å². The van der Waals surface area contributed by atoms with Crippen molar-refractivity contribution in [1.82, 2.24) is 15.5 Å². The van der Waals surface area contributed by atoms with Crippen molar-refractivity contribution in [2.45, 2.75) is 25.4 Å². The minimum atomic E-state index is -0.439. The Labute approximate surface area is 97.8 Å². The summed E-state index contributed by atoms with van der Waals surface area (Å²) in [4.78, 5) is 22.4. The van der Waals surface area contributed by atoms with E-state index >= 15 is 0 Å². The molecule has 1 aromatic heterocycles. The monoisotopic (exact) mass is 235 g/mol. The Hall–Kier alpha value is -2.02. The molecule has 0 aromatic carbocycles. The maximum atomic E-state index is 11.5. The number of nitrogens with two attached hydrogens (primary N) is 1. The maximum absolute atomic E-state index is 11.5. The van der Waals surface area contributed by atoms with Gasteiger partial charge in [-0.2, -0.15) is 5.10 Å². The molecule has 2 amide bonds. The average molecular weight is 235 g/mol. The van der Waals surface area contributed by atoms with Crippen molar-refractivity contribution in [2.75, 3.05) is 5.32 Å². The molecule has 90 valence electrons. The van der Waals surface area contributed by atoms with Crippen LogP contribution in [0.25, 0.3) is 0 Å². The summed E-state index contributed by atoms with van der Waals surface area (Å²) < 4.78 is 0. The van der Waals surface area contributed by atoms with Gasteiger partial charge in [-0.05, 0) is 18.6 Å². The van der Waals surface area contributed by atoms with Crippen molar-refractivity contribution in [3.8, 4) is 0 Å². The molecule has 7 heteroatoms. The molecule has 0 saturated carbocycles. The van der Waals surface area contributed by atoms with E-state index in [-0.39, 0.29) is 11.8 Å². The van der Waals surface area contributed by atoms with Crippen molar-refractivity contribution < 1.29 is 9.59 Å². The van der Waals surface area contributed by atoms with Crippen LogP contribution >= 0.6 is 0 Å². The summed E-state index contributed by atoms with van der Waals surface area (Å²) in [5, 5.41) is 12.9. The maximum Gasteiger partial charge on any atom is 0.249 e. The number of piperidine rings is 1. The molecule has 0 bridgehead atoms. The van der Waals surface area contributed by atoms with Gasteiger partial charge < -0.3 is 11.1 Å². The van der Waals surface area contributed by atoms with Gasteiger partial charge in [0.25, 0.3) is 0 Å². The molecular weight excluding hydrogens is 222 g/mol. The molecule has 2 heterocycles. The summed E-state index contributed by atoms with van der Waals surface area (Å²) in [6, 6.07) is 3.01. The lowest BCUT2D eigenvalue weighted by Gasteiger charge is -2.21. The van der Waals surface area contributed by atoms with E-state index in [4.69, 9.17) is 5.73 Å². The predicted octanol–water partition coefficient (Wildman–Crippen LogP) is -0.848. The minimum Gasteiger partial charge on any atom is -0.357 e. The van der Waals surface area contributed by atoms with Crippen LogP contribution in [-0.4, -0.2) is 28.1 Å². The zero-order valence-corrected chi connectivity index (χ0v) is 9.14. The number of rotatable bonds is 3. The lowest BCUT2D eigenvalue weighted by Crippen LogP contribution is -2.47. The number of nitrogens with one attached hydrogen (secondary N) is 2. The normalized spacial score (nSPS) is 19.9. The standard InChI is InChI=1S/C10H13N5O2/c11-5-6-1-3-8(15-14-6)12-7-2-4-9(16)13-10(7)17/h1,3,7H,2,4-5,11H2,(H,12,15)(H,13,16,17). The van der Waals surface area contributed by atoms with Gasteiger partial charge in [0.2, 0.25) is 11.8 Å². The number of carbonyl (C=O) groups is 2. The predicted molar refractivity (Wildman–Crippen MR) is 59.7 cm³/mol. The second kappa shape index (κ2) is 4.88. The van der Waals surface area contributed by atoms with Crippen molar-refractivity contribution in [3.05, 3.63) is 17.8 Å². The summed E-state index contributed by atoms with van der Waals surface area (Å²) in [5.74, 6) is -0.0692. The Morgan fingerprint density at radius 1 is 1.41 bits per heavy atom. The fourth-order valence-electron chi connectivity index (χ4n) is 1.56. The van der Waals surface area contributed by atoms with Crippen LogP contribution in [0.15, 0.2) is 12.1 Å². The van der Waals surface area contributed by atoms with Crippen LogP contribution in [0.4, 0.5) is 5.82 Å². The van der Waals surface area contributed by atoms with Crippen molar-refractivity contribution >= 4 is 17.6 Å². The number of aromatic nitrogens is 2.